The van der Waals surface area contributed by atoms with Gasteiger partial charge in [0, 0.05) is 11.6 Å². The highest BCUT2D eigenvalue weighted by atomic mass is 32.1. The first-order chi connectivity index (χ1) is 5.16. The summed E-state index contributed by atoms with van der Waals surface area (Å²) in [6.07, 6.45) is 1.51. The Balaban J connectivity index is 0.000000187. The number of nitrogen functional groups attached to an aromatic ring is 1. The normalized spacial score (nSPS) is 7.64. The van der Waals surface area contributed by atoms with Gasteiger partial charge in [-0.3, -0.25) is 4.79 Å². The quantitative estimate of drug-likeness (QED) is 0.461. The zero-order chi connectivity index (χ0) is 8.69. The minimum Gasteiger partial charge on any atom is -0.476 e. The minimum atomic E-state index is -1.43. The Morgan fingerprint density at radius 2 is 2.36 bits per heavy atom. The first-order valence-corrected chi connectivity index (χ1v) is 3.38. The highest BCUT2D eigenvalue weighted by Crippen LogP contribution is 2.02. The number of carboxylic acid groups (broad SMARTS) is 1. The highest BCUT2D eigenvalue weighted by Gasteiger charge is 1.80. The van der Waals surface area contributed by atoms with E-state index in [0.717, 1.165) is 0 Å². The van der Waals surface area contributed by atoms with E-state index in [9.17, 15) is 0 Å². The number of hydrogen-bond acceptors (Lipinski definition) is 5. The maximum absolute atomic E-state index is 9.00. The number of carbonyl (C=O) groups is 2. The van der Waals surface area contributed by atoms with Crippen LogP contribution in [0, 0.1) is 0 Å². The van der Waals surface area contributed by atoms with Gasteiger partial charge in [-0.25, -0.2) is 9.78 Å². The summed E-state index contributed by atoms with van der Waals surface area (Å²) >= 11 is 1.44. The second kappa shape index (κ2) is 5.36. The molecule has 5 nitrogen and oxygen atoms in total. The number of thiazole rings is 1. The van der Waals surface area contributed by atoms with Gasteiger partial charge in [0.15, 0.2) is 5.13 Å². The van der Waals surface area contributed by atoms with Crippen LogP contribution in [-0.2, 0) is 9.59 Å². The summed E-state index contributed by atoms with van der Waals surface area (Å²) in [5, 5.41) is 9.83. The number of nitrogens with zero attached hydrogens (tertiary/aromatic N) is 1. The summed E-state index contributed by atoms with van der Waals surface area (Å²) < 4.78 is 0. The van der Waals surface area contributed by atoms with Crippen molar-refractivity contribution in [2.24, 2.45) is 0 Å². The first kappa shape index (κ1) is 9.57. The molecule has 1 aromatic rings. The van der Waals surface area contributed by atoms with Gasteiger partial charge in [-0.05, 0) is 0 Å². The van der Waals surface area contributed by atoms with Gasteiger partial charge in [0.05, 0.1) is 0 Å². The van der Waals surface area contributed by atoms with Crippen molar-refractivity contribution in [1.82, 2.24) is 4.98 Å². The molecule has 3 N–H and O–H groups in total. The number of nitrogens with two attached hydrogens (primary N) is 1. The van der Waals surface area contributed by atoms with E-state index in [4.69, 9.17) is 20.4 Å². The topological polar surface area (TPSA) is 93.3 Å². The molecular formula is C5H6N2O3S. The average molecular weight is 174 g/mol. The van der Waals surface area contributed by atoms with Crippen molar-refractivity contribution >= 4 is 28.7 Å². The molecule has 1 aromatic heterocycles. The van der Waals surface area contributed by atoms with Crippen LogP contribution in [0.15, 0.2) is 11.6 Å². The Bertz CT molecular complexity index is 222. The molecule has 0 saturated carbocycles. The largest absolute Gasteiger partial charge is 0.476 e. The minimum absolute atomic E-state index is 0.167. The van der Waals surface area contributed by atoms with Crippen molar-refractivity contribution in [3.8, 4) is 0 Å². The summed E-state index contributed by atoms with van der Waals surface area (Å²) in [5.41, 5.74) is 5.19. The number of carbonyl (C=O) groups excluding carboxylic acids is 1. The van der Waals surface area contributed by atoms with Crippen molar-refractivity contribution in [2.45, 2.75) is 0 Å². The molecule has 1 rings (SSSR count). The fourth-order valence-corrected chi connectivity index (χ4v) is 0.617. The smallest absolute Gasteiger partial charge is 0.368 e. The van der Waals surface area contributed by atoms with Crippen molar-refractivity contribution in [3.63, 3.8) is 0 Å². The van der Waals surface area contributed by atoms with E-state index >= 15 is 0 Å². The number of carboxylic acids is 1. The molecule has 0 bridgehead atoms. The number of aldehydes is 1. The lowest BCUT2D eigenvalue weighted by Crippen LogP contribution is -1.91. The summed E-state index contributed by atoms with van der Waals surface area (Å²) in [6, 6.07) is 0. The number of aromatic nitrogens is 1. The fraction of sp³-hybridized carbons (Fsp3) is 0. The molecule has 0 radical (unpaired) electrons. The third-order valence-electron chi connectivity index (χ3n) is 0.552. The SMILES string of the molecule is Nc1nccs1.O=CC(=O)O. The second-order valence-corrected chi connectivity index (χ2v) is 2.25. The van der Waals surface area contributed by atoms with Crippen molar-refractivity contribution in [2.75, 3.05) is 5.73 Å². The molecule has 0 amide bonds. The average Bonchev–Trinajstić information content (AvgIpc) is 2.41. The van der Waals surface area contributed by atoms with Crippen LogP contribution in [-0.4, -0.2) is 22.3 Å². The molecule has 11 heavy (non-hydrogen) atoms. The van der Waals surface area contributed by atoms with Gasteiger partial charge in [-0.1, -0.05) is 0 Å². The fourth-order valence-electron chi connectivity index (χ4n) is 0.234. The summed E-state index contributed by atoms with van der Waals surface area (Å²) in [6.45, 7) is 0. The predicted molar refractivity (Wildman–Crippen MR) is 40.2 cm³/mol. The van der Waals surface area contributed by atoms with Gasteiger partial charge in [0.25, 0.3) is 0 Å². The van der Waals surface area contributed by atoms with Gasteiger partial charge in [0.1, 0.15) is 0 Å². The molecule has 60 valence electrons. The monoisotopic (exact) mass is 174 g/mol. The third kappa shape index (κ3) is 6.46. The molecule has 0 atom stereocenters. The molecule has 0 spiro atoms. The van der Waals surface area contributed by atoms with Crippen LogP contribution in [0.2, 0.25) is 0 Å². The standard InChI is InChI=1S/C3H4N2S.C2H2O3/c4-3-5-1-2-6-3;3-1-2(4)5/h1-2H,(H2,4,5);1H,(H,4,5). The van der Waals surface area contributed by atoms with E-state index in [1.165, 1.54) is 11.3 Å². The summed E-state index contributed by atoms with van der Waals surface area (Å²) in [5.74, 6) is -1.43. The lowest BCUT2D eigenvalue weighted by atomic mass is 10.8. The Morgan fingerprint density at radius 3 is 2.45 bits per heavy atom. The maximum Gasteiger partial charge on any atom is 0.368 e. The van der Waals surface area contributed by atoms with Crippen molar-refractivity contribution in [1.29, 1.82) is 0 Å². The van der Waals surface area contributed by atoms with Crippen LogP contribution in [0.4, 0.5) is 5.13 Å². The molecule has 0 saturated heterocycles. The predicted octanol–water partition coefficient (Wildman–Crippen LogP) is -0.00480. The number of aliphatic carboxylic acids is 1. The Labute approximate surface area is 66.5 Å². The van der Waals surface area contributed by atoms with Crippen molar-refractivity contribution < 1.29 is 14.7 Å². The van der Waals surface area contributed by atoms with E-state index in [2.05, 4.69) is 4.98 Å². The lowest BCUT2D eigenvalue weighted by molar-refractivity contribution is -0.143. The number of rotatable bonds is 1. The Kier molecular flexibility index (Phi) is 4.67. The number of hydrogen-bond donors (Lipinski definition) is 2. The Morgan fingerprint density at radius 1 is 1.82 bits per heavy atom. The van der Waals surface area contributed by atoms with Crippen LogP contribution in [0.1, 0.15) is 0 Å². The van der Waals surface area contributed by atoms with Crippen LogP contribution in [0.25, 0.3) is 0 Å². The van der Waals surface area contributed by atoms with E-state index in [1.54, 1.807) is 6.20 Å². The molecule has 1 heterocycles. The first-order valence-electron chi connectivity index (χ1n) is 2.50. The molecule has 0 unspecified atom stereocenters. The van der Waals surface area contributed by atoms with E-state index in [0.29, 0.717) is 5.13 Å². The third-order valence-corrected chi connectivity index (χ3v) is 1.16. The second-order valence-electron chi connectivity index (χ2n) is 1.33. The van der Waals surface area contributed by atoms with E-state index < -0.39 is 5.97 Å². The zero-order valence-corrected chi connectivity index (χ0v) is 6.25. The molecule has 0 aliphatic heterocycles. The van der Waals surface area contributed by atoms with Gasteiger partial charge < -0.3 is 10.8 Å². The molecule has 6 heteroatoms. The maximum atomic E-state index is 9.00. The molecular weight excluding hydrogens is 168 g/mol. The van der Waals surface area contributed by atoms with Crippen LogP contribution >= 0.6 is 11.3 Å². The van der Waals surface area contributed by atoms with Gasteiger partial charge >= 0.3 is 5.97 Å². The van der Waals surface area contributed by atoms with Crippen LogP contribution in [0.3, 0.4) is 0 Å². The van der Waals surface area contributed by atoms with Gasteiger partial charge in [-0.2, -0.15) is 0 Å². The van der Waals surface area contributed by atoms with Gasteiger partial charge in [-0.15, -0.1) is 11.3 Å². The zero-order valence-electron chi connectivity index (χ0n) is 5.43. The molecule has 0 aliphatic carbocycles. The van der Waals surface area contributed by atoms with Gasteiger partial charge in [0.2, 0.25) is 6.29 Å². The summed E-state index contributed by atoms with van der Waals surface area (Å²) in [4.78, 5) is 21.6. The highest BCUT2D eigenvalue weighted by molar-refractivity contribution is 7.13. The van der Waals surface area contributed by atoms with Crippen molar-refractivity contribution in [3.05, 3.63) is 11.6 Å². The van der Waals surface area contributed by atoms with E-state index in [1.807, 2.05) is 5.38 Å². The lowest BCUT2D eigenvalue weighted by Gasteiger charge is -1.67. The van der Waals surface area contributed by atoms with Crippen LogP contribution in [0.5, 0.6) is 0 Å². The molecule has 0 aromatic carbocycles. The molecule has 0 fully saturated rings. The van der Waals surface area contributed by atoms with Crippen LogP contribution < -0.4 is 5.73 Å². The number of anilines is 1. The molecule has 0 aliphatic rings. The van der Waals surface area contributed by atoms with E-state index in [-0.39, 0.29) is 6.29 Å². The summed E-state index contributed by atoms with van der Waals surface area (Å²) in [7, 11) is 0. The Hall–Kier alpha value is -1.43.